The molecule has 2 amide bonds. The predicted octanol–water partition coefficient (Wildman–Crippen LogP) is -0.629. The van der Waals surface area contributed by atoms with Gasteiger partial charge < -0.3 is 9.90 Å². The molecule has 0 N–H and O–H groups in total. The summed E-state index contributed by atoms with van der Waals surface area (Å²) in [6.07, 6.45) is 0.0962. The van der Waals surface area contributed by atoms with Crippen molar-refractivity contribution in [2.24, 2.45) is 0 Å². The molecule has 1 rings (SSSR count). The van der Waals surface area contributed by atoms with Gasteiger partial charge in [-0.05, 0) is 0 Å². The van der Waals surface area contributed by atoms with E-state index in [1.807, 2.05) is 0 Å². The van der Waals surface area contributed by atoms with Crippen molar-refractivity contribution < 1.29 is 19.5 Å². The number of carboxylic acid groups (broad SMARTS) is 1. The summed E-state index contributed by atoms with van der Waals surface area (Å²) in [6.45, 7) is 0. The number of carboxylic acids is 1. The number of halogens is 2. The number of nitrogens with zero attached hydrogens (tertiary/aromatic N) is 1. The molecule has 0 saturated carbocycles. The molecular weight excluding hydrogens is 322 g/mol. The minimum absolute atomic E-state index is 0.0481. The Morgan fingerprint density at radius 2 is 1.86 bits per heavy atom. The van der Waals surface area contributed by atoms with Crippen LogP contribution in [0.1, 0.15) is 12.8 Å². The summed E-state index contributed by atoms with van der Waals surface area (Å²) in [7, 11) is 0. The molecule has 0 aromatic heterocycles. The third-order valence-electron chi connectivity index (χ3n) is 1.90. The highest BCUT2D eigenvalue weighted by Crippen LogP contribution is 2.30. The molecular formula is C7H6Br2NO4-. The van der Waals surface area contributed by atoms with Crippen molar-refractivity contribution in [3.05, 3.63) is 0 Å². The molecule has 0 aromatic carbocycles. The second kappa shape index (κ2) is 3.98. The van der Waals surface area contributed by atoms with E-state index in [9.17, 15) is 19.5 Å². The van der Waals surface area contributed by atoms with E-state index in [0.29, 0.717) is 4.90 Å². The smallest absolute Gasteiger partial charge is 0.231 e. The van der Waals surface area contributed by atoms with Crippen LogP contribution in [0.3, 0.4) is 0 Å². The number of likely N-dealkylation sites (tertiary alicyclic amines) is 1. The van der Waals surface area contributed by atoms with Crippen molar-refractivity contribution in [1.82, 2.24) is 4.90 Å². The number of aliphatic carboxylic acids is 1. The Labute approximate surface area is 96.7 Å². The van der Waals surface area contributed by atoms with Gasteiger partial charge in [-0.15, -0.1) is 0 Å². The molecule has 1 fully saturated rings. The summed E-state index contributed by atoms with van der Waals surface area (Å²) >= 11 is 5.76. The SMILES string of the molecule is O=C1CCC(=O)N1C(Br)(CBr)C(=O)[O-]. The van der Waals surface area contributed by atoms with Gasteiger partial charge in [0.1, 0.15) is 0 Å². The van der Waals surface area contributed by atoms with Crippen LogP contribution in [0.5, 0.6) is 0 Å². The van der Waals surface area contributed by atoms with Crippen molar-refractivity contribution in [3.8, 4) is 0 Å². The van der Waals surface area contributed by atoms with Crippen LogP contribution in [0.25, 0.3) is 0 Å². The summed E-state index contributed by atoms with van der Waals surface area (Å²) in [4.78, 5) is 34.0. The number of carbonyl (C=O) groups is 3. The third-order valence-corrected chi connectivity index (χ3v) is 4.42. The molecule has 1 aliphatic rings. The van der Waals surface area contributed by atoms with Gasteiger partial charge in [-0.25, -0.2) is 0 Å². The second-order valence-corrected chi connectivity index (χ2v) is 4.68. The van der Waals surface area contributed by atoms with Crippen molar-refractivity contribution in [3.63, 3.8) is 0 Å². The van der Waals surface area contributed by atoms with Gasteiger partial charge in [0.25, 0.3) is 0 Å². The quantitative estimate of drug-likeness (QED) is 0.393. The number of rotatable bonds is 3. The number of carbonyl (C=O) groups excluding carboxylic acids is 3. The highest BCUT2D eigenvalue weighted by Gasteiger charge is 2.45. The van der Waals surface area contributed by atoms with Gasteiger partial charge in [0.2, 0.25) is 11.8 Å². The Bertz CT molecular complexity index is 290. The van der Waals surface area contributed by atoms with Crippen LogP contribution in [-0.4, -0.2) is 32.5 Å². The summed E-state index contributed by atoms with van der Waals surface area (Å²) < 4.78 is -1.77. The average molecular weight is 328 g/mol. The largest absolute Gasteiger partial charge is 0.547 e. The molecule has 0 aliphatic carbocycles. The predicted molar refractivity (Wildman–Crippen MR) is 51.5 cm³/mol. The van der Waals surface area contributed by atoms with Crippen molar-refractivity contribution >= 4 is 49.6 Å². The van der Waals surface area contributed by atoms with Crippen LogP contribution < -0.4 is 5.11 Å². The first-order chi connectivity index (χ1) is 6.43. The Kier molecular flexibility index (Phi) is 3.31. The molecule has 0 bridgehead atoms. The lowest BCUT2D eigenvalue weighted by atomic mass is 10.3. The van der Waals surface area contributed by atoms with Crippen LogP contribution in [0, 0.1) is 0 Å². The minimum Gasteiger partial charge on any atom is -0.547 e. The number of hydrogen-bond acceptors (Lipinski definition) is 4. The maximum Gasteiger partial charge on any atom is 0.231 e. The average Bonchev–Trinajstić information content (AvgIpc) is 2.45. The lowest BCUT2D eigenvalue weighted by Gasteiger charge is -2.34. The van der Waals surface area contributed by atoms with E-state index in [1.54, 1.807) is 0 Å². The summed E-state index contributed by atoms with van der Waals surface area (Å²) in [5, 5.41) is 10.7. The van der Waals surface area contributed by atoms with Gasteiger partial charge >= 0.3 is 0 Å². The van der Waals surface area contributed by atoms with E-state index in [1.165, 1.54) is 0 Å². The Morgan fingerprint density at radius 1 is 1.43 bits per heavy atom. The molecule has 1 aliphatic heterocycles. The lowest BCUT2D eigenvalue weighted by Crippen LogP contribution is -2.59. The number of amides is 2. The second-order valence-electron chi connectivity index (χ2n) is 2.80. The van der Waals surface area contributed by atoms with Gasteiger partial charge in [-0.3, -0.25) is 14.5 Å². The fourth-order valence-corrected chi connectivity index (χ4v) is 2.05. The van der Waals surface area contributed by atoms with Crippen molar-refractivity contribution in [2.45, 2.75) is 17.3 Å². The molecule has 78 valence electrons. The zero-order valence-electron chi connectivity index (χ0n) is 6.96. The zero-order valence-corrected chi connectivity index (χ0v) is 10.1. The van der Waals surface area contributed by atoms with E-state index in [2.05, 4.69) is 31.9 Å². The number of alkyl halides is 2. The number of hydrogen-bond donors (Lipinski definition) is 0. The topological polar surface area (TPSA) is 77.5 Å². The third kappa shape index (κ3) is 1.70. The molecule has 0 radical (unpaired) electrons. The van der Waals surface area contributed by atoms with E-state index >= 15 is 0 Å². The normalized spacial score (nSPS) is 21.1. The first-order valence-electron chi connectivity index (χ1n) is 3.75. The molecule has 1 unspecified atom stereocenters. The molecule has 0 spiro atoms. The first kappa shape index (κ1) is 11.6. The summed E-state index contributed by atoms with van der Waals surface area (Å²) in [5.41, 5.74) is 0. The fraction of sp³-hybridized carbons (Fsp3) is 0.571. The van der Waals surface area contributed by atoms with Crippen LogP contribution in [0.15, 0.2) is 0 Å². The van der Waals surface area contributed by atoms with Crippen molar-refractivity contribution in [2.75, 3.05) is 5.33 Å². The van der Waals surface area contributed by atoms with Crippen molar-refractivity contribution in [1.29, 1.82) is 0 Å². The molecule has 5 nitrogen and oxygen atoms in total. The maximum absolute atomic E-state index is 11.3. The molecule has 0 aromatic rings. The lowest BCUT2D eigenvalue weighted by molar-refractivity contribution is -0.311. The van der Waals surface area contributed by atoms with E-state index < -0.39 is 22.2 Å². The van der Waals surface area contributed by atoms with Gasteiger partial charge in [0.15, 0.2) is 4.45 Å². The highest BCUT2D eigenvalue weighted by molar-refractivity contribution is 9.12. The van der Waals surface area contributed by atoms with Gasteiger partial charge in [-0.1, -0.05) is 31.9 Å². The van der Waals surface area contributed by atoms with Crippen LogP contribution >= 0.6 is 31.9 Å². The van der Waals surface area contributed by atoms with Gasteiger partial charge in [0, 0.05) is 18.2 Å². The fourth-order valence-electron chi connectivity index (χ4n) is 1.18. The Balaban J connectivity index is 3.05. The van der Waals surface area contributed by atoms with E-state index in [-0.39, 0.29) is 18.2 Å². The molecule has 1 saturated heterocycles. The highest BCUT2D eigenvalue weighted by atomic mass is 79.9. The monoisotopic (exact) mass is 326 g/mol. The molecule has 1 atom stereocenters. The van der Waals surface area contributed by atoms with Gasteiger partial charge in [-0.2, -0.15) is 0 Å². The first-order valence-corrected chi connectivity index (χ1v) is 5.67. The zero-order chi connectivity index (χ0) is 10.9. The summed E-state index contributed by atoms with van der Waals surface area (Å²) in [5.74, 6) is -2.52. The molecule has 1 heterocycles. The molecule has 14 heavy (non-hydrogen) atoms. The summed E-state index contributed by atoms with van der Waals surface area (Å²) in [6, 6.07) is 0. The Hall–Kier alpha value is -0.430. The molecule has 7 heteroatoms. The minimum atomic E-state index is -1.77. The van der Waals surface area contributed by atoms with Crippen LogP contribution in [0.2, 0.25) is 0 Å². The van der Waals surface area contributed by atoms with E-state index in [0.717, 1.165) is 0 Å². The van der Waals surface area contributed by atoms with E-state index in [4.69, 9.17) is 0 Å². The van der Waals surface area contributed by atoms with Crippen LogP contribution in [0.4, 0.5) is 0 Å². The Morgan fingerprint density at radius 3 is 2.14 bits per heavy atom. The van der Waals surface area contributed by atoms with Crippen LogP contribution in [-0.2, 0) is 14.4 Å². The number of imide groups is 1. The standard InChI is InChI=1S/C7H7Br2NO4/c8-3-7(9,6(13)14)10-4(11)1-2-5(10)12/h1-3H2,(H,13,14)/p-1. The van der Waals surface area contributed by atoms with Gasteiger partial charge in [0.05, 0.1) is 5.97 Å². The maximum atomic E-state index is 11.3.